The predicted octanol–water partition coefficient (Wildman–Crippen LogP) is -0.209. The summed E-state index contributed by atoms with van der Waals surface area (Å²) >= 11 is 0. The van der Waals surface area contributed by atoms with E-state index in [1.165, 1.54) is 6.92 Å². The molecule has 6 heteroatoms. The second-order valence-electron chi connectivity index (χ2n) is 4.11. The van der Waals surface area contributed by atoms with E-state index in [0.717, 1.165) is 17.7 Å². The fourth-order valence-electron chi connectivity index (χ4n) is 1.99. The minimum Gasteiger partial charge on any atom is -0.479 e. The Morgan fingerprint density at radius 3 is 2.47 bits per heavy atom. The molecule has 0 bridgehead atoms. The molecule has 2 N–H and O–H groups in total. The van der Waals surface area contributed by atoms with Crippen molar-refractivity contribution in [1.82, 2.24) is 10.2 Å². The van der Waals surface area contributed by atoms with Gasteiger partial charge in [-0.15, -0.1) is 0 Å². The van der Waals surface area contributed by atoms with Crippen LogP contribution in [-0.2, 0) is 9.59 Å². The van der Waals surface area contributed by atoms with Crippen LogP contribution in [0.25, 0.3) is 0 Å². The summed E-state index contributed by atoms with van der Waals surface area (Å²) in [4.78, 5) is 34.9. The van der Waals surface area contributed by atoms with Crippen LogP contribution in [0.2, 0.25) is 0 Å². The first-order valence-electron chi connectivity index (χ1n) is 4.82. The summed E-state index contributed by atoms with van der Waals surface area (Å²) < 4.78 is 0. The maximum atomic E-state index is 11.4. The van der Waals surface area contributed by atoms with Gasteiger partial charge in [-0.05, 0) is 25.7 Å². The number of rotatable bonds is 3. The molecular weight excluding hydrogens is 200 g/mol. The lowest BCUT2D eigenvalue weighted by atomic mass is 9.94. The fraction of sp³-hybridized carbons (Fsp3) is 0.667. The summed E-state index contributed by atoms with van der Waals surface area (Å²) in [6.45, 7) is 1.34. The van der Waals surface area contributed by atoms with Crippen molar-refractivity contribution in [3.8, 4) is 0 Å². The molecule has 1 atom stereocenters. The first-order chi connectivity index (χ1) is 6.98. The predicted molar refractivity (Wildman–Crippen MR) is 49.0 cm³/mol. The molecule has 2 aliphatic rings. The first-order valence-corrected chi connectivity index (χ1v) is 4.82. The summed E-state index contributed by atoms with van der Waals surface area (Å²) in [5.41, 5.74) is -1.38. The van der Waals surface area contributed by atoms with E-state index in [1.54, 1.807) is 0 Å². The van der Waals surface area contributed by atoms with Gasteiger partial charge in [0.1, 0.15) is 5.54 Å². The number of amides is 3. The Balaban J connectivity index is 2.35. The van der Waals surface area contributed by atoms with Gasteiger partial charge in [0, 0.05) is 0 Å². The van der Waals surface area contributed by atoms with Crippen LogP contribution in [0, 0.1) is 5.92 Å². The number of carbonyl (C=O) groups excluding carboxylic acids is 2. The average molecular weight is 212 g/mol. The van der Waals surface area contributed by atoms with Crippen LogP contribution in [0.3, 0.4) is 0 Å². The smallest absolute Gasteiger partial charge is 0.330 e. The summed E-state index contributed by atoms with van der Waals surface area (Å²) in [7, 11) is 0. The number of carboxylic acid groups (broad SMARTS) is 1. The van der Waals surface area contributed by atoms with Gasteiger partial charge in [-0.1, -0.05) is 0 Å². The summed E-state index contributed by atoms with van der Waals surface area (Å²) in [5, 5.41) is 11.5. The molecule has 0 aromatic rings. The Bertz CT molecular complexity index is 334. The number of nitrogens with one attached hydrogen (secondary N) is 1. The van der Waals surface area contributed by atoms with E-state index in [4.69, 9.17) is 5.11 Å². The van der Waals surface area contributed by atoms with Gasteiger partial charge in [0.2, 0.25) is 0 Å². The highest BCUT2D eigenvalue weighted by molar-refractivity contribution is 6.06. The van der Waals surface area contributed by atoms with Crippen LogP contribution >= 0.6 is 0 Å². The van der Waals surface area contributed by atoms with E-state index in [2.05, 4.69) is 5.32 Å². The van der Waals surface area contributed by atoms with Gasteiger partial charge in [0.05, 0.1) is 6.54 Å². The van der Waals surface area contributed by atoms with E-state index in [-0.39, 0.29) is 12.5 Å². The molecular formula is C9H12N2O4. The number of imide groups is 1. The second kappa shape index (κ2) is 2.95. The number of hydrogen-bond acceptors (Lipinski definition) is 3. The number of nitrogens with zero attached hydrogens (tertiary/aromatic N) is 1. The Morgan fingerprint density at radius 1 is 1.53 bits per heavy atom. The van der Waals surface area contributed by atoms with Crippen molar-refractivity contribution in [3.05, 3.63) is 0 Å². The fourth-order valence-corrected chi connectivity index (χ4v) is 1.99. The van der Waals surface area contributed by atoms with Gasteiger partial charge >= 0.3 is 12.0 Å². The van der Waals surface area contributed by atoms with Gasteiger partial charge in [-0.25, -0.2) is 14.5 Å². The van der Waals surface area contributed by atoms with Gasteiger partial charge in [-0.2, -0.15) is 0 Å². The van der Waals surface area contributed by atoms with E-state index in [9.17, 15) is 14.4 Å². The van der Waals surface area contributed by atoms with Crippen molar-refractivity contribution in [2.24, 2.45) is 5.92 Å². The number of carbonyl (C=O) groups is 3. The molecule has 15 heavy (non-hydrogen) atoms. The monoisotopic (exact) mass is 212 g/mol. The van der Waals surface area contributed by atoms with Gasteiger partial charge in [0.25, 0.3) is 5.91 Å². The minimum atomic E-state index is -1.38. The molecule has 3 amide bonds. The molecule has 1 saturated heterocycles. The highest BCUT2D eigenvalue weighted by atomic mass is 16.4. The van der Waals surface area contributed by atoms with Crippen molar-refractivity contribution in [3.63, 3.8) is 0 Å². The standard InChI is InChI=1S/C9H12N2O4/c1-9(7(13)14,5-2-3-5)11-6(12)4-10-8(11)15/h5H,2-4H2,1H3,(H,10,15)(H,13,14). The van der Waals surface area contributed by atoms with E-state index in [1.807, 2.05) is 0 Å². The zero-order valence-electron chi connectivity index (χ0n) is 8.32. The van der Waals surface area contributed by atoms with Crippen LogP contribution in [0.1, 0.15) is 19.8 Å². The minimum absolute atomic E-state index is 0.103. The third-order valence-electron chi connectivity index (χ3n) is 3.11. The first kappa shape index (κ1) is 9.95. The third kappa shape index (κ3) is 1.28. The lowest BCUT2D eigenvalue weighted by molar-refractivity contribution is -0.154. The lowest BCUT2D eigenvalue weighted by Gasteiger charge is -2.32. The zero-order chi connectivity index (χ0) is 11.2. The molecule has 0 aromatic heterocycles. The summed E-state index contributed by atoms with van der Waals surface area (Å²) in [5.74, 6) is -1.69. The van der Waals surface area contributed by atoms with Crippen LogP contribution < -0.4 is 5.32 Å². The number of aliphatic carboxylic acids is 1. The normalized spacial score (nSPS) is 25.0. The molecule has 0 aromatic carbocycles. The van der Waals surface area contributed by atoms with Crippen LogP contribution in [0.15, 0.2) is 0 Å². The number of hydrogen-bond donors (Lipinski definition) is 2. The van der Waals surface area contributed by atoms with Crippen molar-refractivity contribution >= 4 is 17.9 Å². The molecule has 2 rings (SSSR count). The van der Waals surface area contributed by atoms with Crippen molar-refractivity contribution in [2.45, 2.75) is 25.3 Å². The van der Waals surface area contributed by atoms with Crippen LogP contribution in [0.4, 0.5) is 4.79 Å². The van der Waals surface area contributed by atoms with E-state index < -0.39 is 23.4 Å². The number of urea groups is 1. The Labute approximate surface area is 86.2 Å². The highest BCUT2D eigenvalue weighted by Gasteiger charge is 2.57. The molecule has 6 nitrogen and oxygen atoms in total. The molecule has 1 aliphatic carbocycles. The van der Waals surface area contributed by atoms with Crippen molar-refractivity contribution < 1.29 is 19.5 Å². The molecule has 2 fully saturated rings. The molecule has 1 unspecified atom stereocenters. The van der Waals surface area contributed by atoms with Crippen molar-refractivity contribution in [1.29, 1.82) is 0 Å². The van der Waals surface area contributed by atoms with E-state index >= 15 is 0 Å². The topological polar surface area (TPSA) is 86.7 Å². The van der Waals surface area contributed by atoms with Gasteiger partial charge in [0.15, 0.2) is 0 Å². The van der Waals surface area contributed by atoms with E-state index in [0.29, 0.717) is 0 Å². The Hall–Kier alpha value is -1.59. The zero-order valence-corrected chi connectivity index (χ0v) is 8.32. The van der Waals surface area contributed by atoms with Gasteiger partial charge < -0.3 is 10.4 Å². The molecule has 1 saturated carbocycles. The summed E-state index contributed by atoms with van der Waals surface area (Å²) in [6.07, 6.45) is 1.50. The lowest BCUT2D eigenvalue weighted by Crippen LogP contribution is -2.57. The highest BCUT2D eigenvalue weighted by Crippen LogP contribution is 2.43. The van der Waals surface area contributed by atoms with Gasteiger partial charge in [-0.3, -0.25) is 4.79 Å². The second-order valence-corrected chi connectivity index (χ2v) is 4.11. The Kier molecular flexibility index (Phi) is 1.95. The largest absolute Gasteiger partial charge is 0.479 e. The third-order valence-corrected chi connectivity index (χ3v) is 3.11. The quantitative estimate of drug-likeness (QED) is 0.634. The number of carboxylic acids is 1. The molecule has 1 heterocycles. The van der Waals surface area contributed by atoms with Crippen LogP contribution in [-0.4, -0.2) is 40.0 Å². The molecule has 82 valence electrons. The van der Waals surface area contributed by atoms with Crippen LogP contribution in [0.5, 0.6) is 0 Å². The molecule has 0 radical (unpaired) electrons. The molecule has 0 spiro atoms. The maximum absolute atomic E-state index is 11.4. The molecule has 1 aliphatic heterocycles. The van der Waals surface area contributed by atoms with Crippen molar-refractivity contribution in [2.75, 3.05) is 6.54 Å². The summed E-state index contributed by atoms with van der Waals surface area (Å²) in [6, 6.07) is -0.600. The Morgan fingerprint density at radius 2 is 2.13 bits per heavy atom. The average Bonchev–Trinajstić information content (AvgIpc) is 2.93. The SMILES string of the molecule is CC(C(=O)O)(C1CC1)N1C(=O)CNC1=O. The maximum Gasteiger partial charge on any atom is 0.330 e.